The Kier molecular flexibility index (Phi) is 4.47. The summed E-state index contributed by atoms with van der Waals surface area (Å²) >= 11 is 0. The molecule has 0 amide bonds. The highest BCUT2D eigenvalue weighted by Crippen LogP contribution is 2.41. The van der Waals surface area contributed by atoms with E-state index in [1.165, 1.54) is 28.1 Å². The zero-order valence-corrected chi connectivity index (χ0v) is 12.6. The first-order valence-electron chi connectivity index (χ1n) is 5.75. The van der Waals surface area contributed by atoms with Crippen LogP contribution in [0.15, 0.2) is 18.2 Å². The molecule has 0 aromatic heterocycles. The van der Waals surface area contributed by atoms with Crippen LogP contribution in [0.1, 0.15) is 25.5 Å². The van der Waals surface area contributed by atoms with E-state index in [1.807, 2.05) is 0 Å². The fourth-order valence-corrected chi connectivity index (χ4v) is 2.22. The first-order chi connectivity index (χ1) is 8.66. The first kappa shape index (κ1) is 15.8. The summed E-state index contributed by atoms with van der Waals surface area (Å²) in [6, 6.07) is 5.01. The van der Waals surface area contributed by atoms with Gasteiger partial charge in [-0.25, -0.2) is 8.42 Å². The highest BCUT2D eigenvalue weighted by molar-refractivity contribution is 7.92. The van der Waals surface area contributed by atoms with Crippen molar-refractivity contribution < 1.29 is 23.0 Å². The van der Waals surface area contributed by atoms with E-state index in [0.29, 0.717) is 17.1 Å². The molecule has 5 nitrogen and oxygen atoms in total. The molecule has 0 saturated carbocycles. The van der Waals surface area contributed by atoms with Crippen LogP contribution in [-0.4, -0.2) is 38.7 Å². The SMILES string of the molecule is COc1cccc(OC)c1C(O)C(C)(C)S(C)(=O)=O. The molecule has 1 rings (SSSR count). The largest absolute Gasteiger partial charge is 0.496 e. The molecule has 0 aliphatic heterocycles. The van der Waals surface area contributed by atoms with Gasteiger partial charge in [-0.3, -0.25) is 0 Å². The van der Waals surface area contributed by atoms with E-state index in [-0.39, 0.29) is 0 Å². The van der Waals surface area contributed by atoms with E-state index in [9.17, 15) is 13.5 Å². The highest BCUT2D eigenvalue weighted by Gasteiger charge is 2.41. The topological polar surface area (TPSA) is 72.8 Å². The Hall–Kier alpha value is -1.27. The molecule has 0 saturated heterocycles. The van der Waals surface area contributed by atoms with E-state index >= 15 is 0 Å². The molecule has 1 atom stereocenters. The molecule has 108 valence electrons. The van der Waals surface area contributed by atoms with Crippen molar-refractivity contribution in [1.29, 1.82) is 0 Å². The zero-order valence-electron chi connectivity index (χ0n) is 11.8. The molecule has 6 heteroatoms. The monoisotopic (exact) mass is 288 g/mol. The normalized spacial score (nSPS) is 14.0. The molecule has 1 aromatic rings. The number of ether oxygens (including phenoxy) is 2. The molecule has 19 heavy (non-hydrogen) atoms. The smallest absolute Gasteiger partial charge is 0.155 e. The summed E-state index contributed by atoms with van der Waals surface area (Å²) in [5, 5.41) is 10.5. The van der Waals surface area contributed by atoms with Crippen molar-refractivity contribution >= 4 is 9.84 Å². The minimum Gasteiger partial charge on any atom is -0.496 e. The van der Waals surface area contributed by atoms with Gasteiger partial charge in [0, 0.05) is 6.26 Å². The minimum absolute atomic E-state index is 0.336. The molecule has 0 fully saturated rings. The molecule has 0 radical (unpaired) electrons. The van der Waals surface area contributed by atoms with Crippen molar-refractivity contribution in [1.82, 2.24) is 0 Å². The molecular weight excluding hydrogens is 268 g/mol. The van der Waals surface area contributed by atoms with Gasteiger partial charge in [0.25, 0.3) is 0 Å². The van der Waals surface area contributed by atoms with Crippen LogP contribution in [0.25, 0.3) is 0 Å². The van der Waals surface area contributed by atoms with Gasteiger partial charge in [0.2, 0.25) is 0 Å². The number of hydrogen-bond donors (Lipinski definition) is 1. The van der Waals surface area contributed by atoms with E-state index in [0.717, 1.165) is 6.26 Å². The van der Waals surface area contributed by atoms with E-state index < -0.39 is 20.7 Å². The summed E-state index contributed by atoms with van der Waals surface area (Å²) in [5.74, 6) is 0.784. The lowest BCUT2D eigenvalue weighted by Gasteiger charge is -2.30. The van der Waals surface area contributed by atoms with Crippen LogP contribution in [0.3, 0.4) is 0 Å². The van der Waals surface area contributed by atoms with Gasteiger partial charge >= 0.3 is 0 Å². The lowest BCUT2D eigenvalue weighted by Crippen LogP contribution is -2.38. The molecule has 0 aliphatic rings. The Labute approximate surface area is 114 Å². The third-order valence-corrected chi connectivity index (χ3v) is 5.49. The number of rotatable bonds is 5. The summed E-state index contributed by atoms with van der Waals surface area (Å²) in [6.07, 6.45) is -0.161. The average molecular weight is 288 g/mol. The lowest BCUT2D eigenvalue weighted by atomic mass is 9.96. The molecule has 1 unspecified atom stereocenters. The second-order valence-electron chi connectivity index (χ2n) is 4.85. The lowest BCUT2D eigenvalue weighted by molar-refractivity contribution is 0.132. The maximum atomic E-state index is 11.8. The Morgan fingerprint density at radius 3 is 1.89 bits per heavy atom. The van der Waals surface area contributed by atoms with Gasteiger partial charge in [-0.1, -0.05) is 6.07 Å². The van der Waals surface area contributed by atoms with Crippen LogP contribution in [0, 0.1) is 0 Å². The van der Waals surface area contributed by atoms with Gasteiger partial charge in [0.1, 0.15) is 17.6 Å². The summed E-state index contributed by atoms with van der Waals surface area (Å²) in [6.45, 7) is 2.94. The van der Waals surface area contributed by atoms with Crippen LogP contribution < -0.4 is 9.47 Å². The Morgan fingerprint density at radius 2 is 1.58 bits per heavy atom. The number of sulfone groups is 1. The maximum Gasteiger partial charge on any atom is 0.155 e. The van der Waals surface area contributed by atoms with Gasteiger partial charge < -0.3 is 14.6 Å². The second kappa shape index (κ2) is 5.38. The quantitative estimate of drug-likeness (QED) is 0.890. The fraction of sp³-hybridized carbons (Fsp3) is 0.538. The van der Waals surface area contributed by atoms with Gasteiger partial charge in [0.05, 0.1) is 24.5 Å². The van der Waals surface area contributed by atoms with E-state index in [1.54, 1.807) is 18.2 Å². The third-order valence-electron chi connectivity index (χ3n) is 3.35. The molecule has 1 aromatic carbocycles. The van der Waals surface area contributed by atoms with Crippen LogP contribution >= 0.6 is 0 Å². The van der Waals surface area contributed by atoms with Crippen molar-refractivity contribution in [3.05, 3.63) is 23.8 Å². The van der Waals surface area contributed by atoms with Crippen molar-refractivity contribution in [2.45, 2.75) is 24.7 Å². The van der Waals surface area contributed by atoms with Crippen molar-refractivity contribution in [3.63, 3.8) is 0 Å². The van der Waals surface area contributed by atoms with Crippen molar-refractivity contribution in [2.75, 3.05) is 20.5 Å². The third kappa shape index (κ3) is 2.84. The van der Waals surface area contributed by atoms with E-state index in [4.69, 9.17) is 9.47 Å². The van der Waals surface area contributed by atoms with E-state index in [2.05, 4.69) is 0 Å². The summed E-state index contributed by atoms with van der Waals surface area (Å²) in [5.41, 5.74) is 0.336. The first-order valence-corrected chi connectivity index (χ1v) is 7.64. The van der Waals surface area contributed by atoms with Crippen molar-refractivity contribution in [3.8, 4) is 11.5 Å². The number of hydrogen-bond acceptors (Lipinski definition) is 5. The van der Waals surface area contributed by atoms with Crippen LogP contribution in [0.5, 0.6) is 11.5 Å². The molecule has 0 aliphatic carbocycles. The van der Waals surface area contributed by atoms with Crippen LogP contribution in [0.4, 0.5) is 0 Å². The number of methoxy groups -OCH3 is 2. The minimum atomic E-state index is -3.46. The Morgan fingerprint density at radius 1 is 1.16 bits per heavy atom. The van der Waals surface area contributed by atoms with Crippen molar-refractivity contribution in [2.24, 2.45) is 0 Å². The summed E-state index contributed by atoms with van der Waals surface area (Å²) in [4.78, 5) is 0. The average Bonchev–Trinajstić information content (AvgIpc) is 2.35. The molecular formula is C13H20O5S. The number of aliphatic hydroxyl groups excluding tert-OH is 1. The predicted molar refractivity (Wildman–Crippen MR) is 73.4 cm³/mol. The molecule has 0 heterocycles. The second-order valence-corrected chi connectivity index (χ2v) is 7.45. The molecule has 1 N–H and O–H groups in total. The molecule has 0 bridgehead atoms. The number of aliphatic hydroxyl groups is 1. The number of benzene rings is 1. The van der Waals surface area contributed by atoms with Gasteiger partial charge in [-0.15, -0.1) is 0 Å². The highest BCUT2D eigenvalue weighted by atomic mass is 32.2. The Balaban J connectivity index is 3.45. The van der Waals surface area contributed by atoms with Crippen LogP contribution in [-0.2, 0) is 9.84 Å². The summed E-state index contributed by atoms with van der Waals surface area (Å²) in [7, 11) is -0.547. The Bertz CT molecular complexity index is 526. The summed E-state index contributed by atoms with van der Waals surface area (Å²) < 4.78 is 32.7. The van der Waals surface area contributed by atoms with Gasteiger partial charge in [0.15, 0.2) is 9.84 Å². The maximum absolute atomic E-state index is 11.8. The molecule has 0 spiro atoms. The van der Waals surface area contributed by atoms with Crippen LogP contribution in [0.2, 0.25) is 0 Å². The van der Waals surface area contributed by atoms with Gasteiger partial charge in [-0.2, -0.15) is 0 Å². The van der Waals surface area contributed by atoms with Gasteiger partial charge in [-0.05, 0) is 26.0 Å². The standard InChI is InChI=1S/C13H20O5S/c1-13(2,19(5,15)16)12(14)11-9(17-3)7-6-8-10(11)18-4/h6-8,12,14H,1-5H3. The zero-order chi connectivity index (χ0) is 14.8. The predicted octanol–water partition coefficient (Wildman–Crippen LogP) is 1.56. The fourth-order valence-electron chi connectivity index (χ4n) is 1.70.